The van der Waals surface area contributed by atoms with Crippen molar-refractivity contribution >= 4 is 15.8 Å². The molecule has 0 amide bonds. The first-order valence-electron chi connectivity index (χ1n) is 7.06. The molecule has 0 bridgehead atoms. The summed E-state index contributed by atoms with van der Waals surface area (Å²) in [5, 5.41) is 0. The minimum absolute atomic E-state index is 0.0959. The molecule has 0 atom stereocenters. The van der Waals surface area contributed by atoms with Gasteiger partial charge in [0.15, 0.2) is 9.84 Å². The maximum absolute atomic E-state index is 12.0. The Morgan fingerprint density at radius 2 is 1.65 bits per heavy atom. The van der Waals surface area contributed by atoms with Gasteiger partial charge < -0.3 is 9.47 Å². The average molecular weight is 334 g/mol. The normalized spacial score (nSPS) is 11.2. The Labute approximate surface area is 135 Å². The van der Waals surface area contributed by atoms with Crippen molar-refractivity contribution in [1.82, 2.24) is 0 Å². The molecule has 0 aliphatic heterocycles. The van der Waals surface area contributed by atoms with Crippen LogP contribution in [0.25, 0.3) is 0 Å². The maximum atomic E-state index is 12.0. The van der Waals surface area contributed by atoms with Crippen molar-refractivity contribution in [3.05, 3.63) is 65.7 Å². The predicted molar refractivity (Wildman–Crippen MR) is 85.9 cm³/mol. The zero-order valence-corrected chi connectivity index (χ0v) is 13.6. The Hall–Kier alpha value is -2.18. The second-order valence-corrected chi connectivity index (χ2v) is 7.01. The minimum atomic E-state index is -3.40. The summed E-state index contributed by atoms with van der Waals surface area (Å²) in [6.07, 6.45) is 0. The van der Waals surface area contributed by atoms with Crippen molar-refractivity contribution < 1.29 is 22.7 Å². The molecule has 0 saturated heterocycles. The van der Waals surface area contributed by atoms with E-state index >= 15 is 0 Å². The van der Waals surface area contributed by atoms with Gasteiger partial charge in [-0.25, -0.2) is 13.2 Å². The number of carbonyl (C=O) groups is 1. The van der Waals surface area contributed by atoms with Crippen LogP contribution in [-0.2, 0) is 25.9 Å². The van der Waals surface area contributed by atoms with E-state index < -0.39 is 15.8 Å². The highest BCUT2D eigenvalue weighted by Crippen LogP contribution is 2.14. The molecule has 23 heavy (non-hydrogen) atoms. The Morgan fingerprint density at radius 1 is 1.00 bits per heavy atom. The maximum Gasteiger partial charge on any atom is 0.338 e. The molecule has 2 rings (SSSR count). The topological polar surface area (TPSA) is 69.7 Å². The molecular formula is C17H18O5S. The van der Waals surface area contributed by atoms with Crippen LogP contribution in [0.3, 0.4) is 0 Å². The molecule has 0 saturated carbocycles. The van der Waals surface area contributed by atoms with Gasteiger partial charge in [0.05, 0.1) is 22.8 Å². The molecule has 0 fully saturated rings. The van der Waals surface area contributed by atoms with E-state index in [0.717, 1.165) is 5.56 Å². The van der Waals surface area contributed by atoms with Gasteiger partial charge in [0.25, 0.3) is 0 Å². The van der Waals surface area contributed by atoms with Crippen LogP contribution < -0.4 is 0 Å². The lowest BCUT2D eigenvalue weighted by molar-refractivity contribution is 0.0472. The number of benzene rings is 2. The predicted octanol–water partition coefficient (Wildman–Crippen LogP) is 2.46. The average Bonchev–Trinajstić information content (AvgIpc) is 2.59. The summed E-state index contributed by atoms with van der Waals surface area (Å²) < 4.78 is 34.0. The molecule has 6 heteroatoms. The van der Waals surface area contributed by atoms with Crippen molar-refractivity contribution in [3.63, 3.8) is 0 Å². The SMILES string of the molecule is COCCS(=O)(=O)c1ccc(C(=O)OCc2ccccc2)cc1. The Kier molecular flexibility index (Phi) is 5.90. The summed E-state index contributed by atoms with van der Waals surface area (Å²) in [4.78, 5) is 12.1. The van der Waals surface area contributed by atoms with Crippen molar-refractivity contribution in [2.24, 2.45) is 0 Å². The lowest BCUT2D eigenvalue weighted by Crippen LogP contribution is -2.12. The zero-order chi connectivity index (χ0) is 16.7. The van der Waals surface area contributed by atoms with E-state index in [1.165, 1.54) is 31.4 Å². The molecule has 122 valence electrons. The van der Waals surface area contributed by atoms with E-state index in [4.69, 9.17) is 9.47 Å². The molecule has 0 spiro atoms. The van der Waals surface area contributed by atoms with Crippen molar-refractivity contribution in [2.75, 3.05) is 19.5 Å². The first kappa shape index (κ1) is 17.2. The standard InChI is InChI=1S/C17H18O5S/c1-21-11-12-23(19,20)16-9-7-15(8-10-16)17(18)22-13-14-5-3-2-4-6-14/h2-10H,11-13H2,1H3. The molecule has 0 aromatic heterocycles. The van der Waals surface area contributed by atoms with Gasteiger partial charge in [-0.2, -0.15) is 0 Å². The van der Waals surface area contributed by atoms with Gasteiger partial charge in [-0.1, -0.05) is 30.3 Å². The highest BCUT2D eigenvalue weighted by atomic mass is 32.2. The summed E-state index contributed by atoms with van der Waals surface area (Å²) >= 11 is 0. The Morgan fingerprint density at radius 3 is 2.26 bits per heavy atom. The third-order valence-corrected chi connectivity index (χ3v) is 4.91. The van der Waals surface area contributed by atoms with Crippen LogP contribution in [-0.4, -0.2) is 33.9 Å². The number of methoxy groups -OCH3 is 1. The second kappa shape index (κ2) is 7.89. The highest BCUT2D eigenvalue weighted by Gasteiger charge is 2.15. The number of ether oxygens (including phenoxy) is 2. The minimum Gasteiger partial charge on any atom is -0.457 e. The first-order valence-corrected chi connectivity index (χ1v) is 8.71. The molecule has 2 aromatic carbocycles. The number of rotatable bonds is 7. The Balaban J connectivity index is 2.00. The van der Waals surface area contributed by atoms with E-state index in [2.05, 4.69) is 0 Å². The van der Waals surface area contributed by atoms with Crippen LogP contribution in [0.1, 0.15) is 15.9 Å². The third-order valence-electron chi connectivity index (χ3n) is 3.22. The molecule has 0 aliphatic carbocycles. The lowest BCUT2D eigenvalue weighted by atomic mass is 10.2. The number of hydrogen-bond acceptors (Lipinski definition) is 5. The molecule has 2 aromatic rings. The van der Waals surface area contributed by atoms with Crippen molar-refractivity contribution in [1.29, 1.82) is 0 Å². The number of carbonyl (C=O) groups excluding carboxylic acids is 1. The second-order valence-electron chi connectivity index (χ2n) is 4.90. The van der Waals surface area contributed by atoms with E-state index in [1.807, 2.05) is 30.3 Å². The smallest absolute Gasteiger partial charge is 0.338 e. The summed E-state index contributed by atoms with van der Waals surface area (Å²) in [5.41, 5.74) is 1.20. The van der Waals surface area contributed by atoms with Gasteiger partial charge in [0.2, 0.25) is 0 Å². The number of sulfone groups is 1. The number of esters is 1. The fraction of sp³-hybridized carbons (Fsp3) is 0.235. The van der Waals surface area contributed by atoms with Gasteiger partial charge in [-0.05, 0) is 29.8 Å². The largest absolute Gasteiger partial charge is 0.457 e. The van der Waals surface area contributed by atoms with Crippen molar-refractivity contribution in [2.45, 2.75) is 11.5 Å². The molecule has 5 nitrogen and oxygen atoms in total. The van der Waals surface area contributed by atoms with Crippen LogP contribution in [0, 0.1) is 0 Å². The number of hydrogen-bond donors (Lipinski definition) is 0. The highest BCUT2D eigenvalue weighted by molar-refractivity contribution is 7.91. The summed E-state index contributed by atoms with van der Waals surface area (Å²) in [5.74, 6) is -0.587. The Bertz CT molecular complexity index is 736. The van der Waals surface area contributed by atoms with E-state index in [9.17, 15) is 13.2 Å². The molecular weight excluding hydrogens is 316 g/mol. The van der Waals surface area contributed by atoms with E-state index in [0.29, 0.717) is 5.56 Å². The van der Waals surface area contributed by atoms with Gasteiger partial charge in [-0.3, -0.25) is 0 Å². The van der Waals surface area contributed by atoms with Gasteiger partial charge in [0, 0.05) is 7.11 Å². The quantitative estimate of drug-likeness (QED) is 0.728. The van der Waals surface area contributed by atoms with Crippen LogP contribution >= 0.6 is 0 Å². The van der Waals surface area contributed by atoms with Crippen LogP contribution in [0.2, 0.25) is 0 Å². The molecule has 0 N–H and O–H groups in total. The van der Waals surface area contributed by atoms with Gasteiger partial charge in [-0.15, -0.1) is 0 Å². The first-order chi connectivity index (χ1) is 11.0. The lowest BCUT2D eigenvalue weighted by Gasteiger charge is -2.07. The van der Waals surface area contributed by atoms with Gasteiger partial charge >= 0.3 is 5.97 Å². The van der Waals surface area contributed by atoms with Crippen LogP contribution in [0.15, 0.2) is 59.5 Å². The third kappa shape index (κ3) is 4.91. The van der Waals surface area contributed by atoms with Crippen molar-refractivity contribution in [3.8, 4) is 0 Å². The molecule has 0 radical (unpaired) electrons. The van der Waals surface area contributed by atoms with E-state index in [-0.39, 0.29) is 23.9 Å². The van der Waals surface area contributed by atoms with E-state index in [1.54, 1.807) is 0 Å². The zero-order valence-electron chi connectivity index (χ0n) is 12.8. The summed E-state index contributed by atoms with van der Waals surface area (Å²) in [6, 6.07) is 15.0. The molecule has 0 aliphatic rings. The fourth-order valence-electron chi connectivity index (χ4n) is 1.92. The monoisotopic (exact) mass is 334 g/mol. The summed E-state index contributed by atoms with van der Waals surface area (Å²) in [7, 11) is -1.95. The summed E-state index contributed by atoms with van der Waals surface area (Å²) in [6.45, 7) is 0.302. The van der Waals surface area contributed by atoms with Crippen LogP contribution in [0.4, 0.5) is 0 Å². The van der Waals surface area contributed by atoms with Gasteiger partial charge in [0.1, 0.15) is 6.61 Å². The molecule has 0 heterocycles. The fourth-order valence-corrected chi connectivity index (χ4v) is 3.09. The van der Waals surface area contributed by atoms with Crippen LogP contribution in [0.5, 0.6) is 0 Å². The molecule has 0 unspecified atom stereocenters.